The summed E-state index contributed by atoms with van der Waals surface area (Å²) in [5.41, 5.74) is 1.09. The number of carbonyl (C=O) groups is 2. The first-order valence-electron chi connectivity index (χ1n) is 7.54. The van der Waals surface area contributed by atoms with E-state index in [0.717, 1.165) is 31.3 Å². The smallest absolute Gasteiger partial charge is 0.466 e. The molecule has 126 valence electrons. The van der Waals surface area contributed by atoms with Crippen LogP contribution in [0, 0.1) is 0 Å². The number of nitrogens with zero attached hydrogens (tertiary/aromatic N) is 1. The van der Waals surface area contributed by atoms with Gasteiger partial charge < -0.3 is 9.64 Å². The third-order valence-corrected chi connectivity index (χ3v) is 3.51. The molecule has 1 rings (SSSR count). The van der Waals surface area contributed by atoms with E-state index in [1.807, 2.05) is 6.08 Å². The van der Waals surface area contributed by atoms with E-state index in [2.05, 4.69) is 4.74 Å². The molecule has 0 atom stereocenters. The third kappa shape index (κ3) is 6.49. The van der Waals surface area contributed by atoms with Gasteiger partial charge >= 0.3 is 18.1 Å². The van der Waals surface area contributed by atoms with Crippen LogP contribution in [0.2, 0.25) is 0 Å². The van der Waals surface area contributed by atoms with Crippen molar-refractivity contribution < 1.29 is 27.5 Å². The first kappa shape index (κ1) is 18.5. The Morgan fingerprint density at radius 2 is 2.00 bits per heavy atom. The van der Waals surface area contributed by atoms with Gasteiger partial charge in [0.2, 0.25) is 0 Å². The van der Waals surface area contributed by atoms with Crippen LogP contribution in [0.3, 0.4) is 0 Å². The molecule has 0 saturated heterocycles. The van der Waals surface area contributed by atoms with Gasteiger partial charge in [0.1, 0.15) is 0 Å². The SMILES string of the molecule is CCOC(=O)CCN(CCC1=CCCCC1)C(=O)C(F)(F)F. The number of amides is 1. The van der Waals surface area contributed by atoms with E-state index in [-0.39, 0.29) is 26.1 Å². The maximum atomic E-state index is 12.6. The Morgan fingerprint density at radius 3 is 2.55 bits per heavy atom. The highest BCUT2D eigenvalue weighted by Crippen LogP contribution is 2.23. The molecule has 0 aromatic carbocycles. The number of alkyl halides is 3. The molecule has 22 heavy (non-hydrogen) atoms. The van der Waals surface area contributed by atoms with Crippen molar-refractivity contribution in [3.05, 3.63) is 11.6 Å². The van der Waals surface area contributed by atoms with Crippen molar-refractivity contribution in [3.63, 3.8) is 0 Å². The zero-order valence-electron chi connectivity index (χ0n) is 12.7. The Kier molecular flexibility index (Phi) is 7.41. The Morgan fingerprint density at radius 1 is 1.27 bits per heavy atom. The van der Waals surface area contributed by atoms with Gasteiger partial charge in [0.05, 0.1) is 13.0 Å². The number of esters is 1. The molecule has 0 fully saturated rings. The number of ether oxygens (including phenoxy) is 1. The fraction of sp³-hybridized carbons (Fsp3) is 0.733. The molecular formula is C15H22F3NO3. The van der Waals surface area contributed by atoms with Gasteiger partial charge in [-0.1, -0.05) is 11.6 Å². The summed E-state index contributed by atoms with van der Waals surface area (Å²) in [5, 5.41) is 0. The van der Waals surface area contributed by atoms with Crippen LogP contribution >= 0.6 is 0 Å². The van der Waals surface area contributed by atoms with Crippen LogP contribution < -0.4 is 0 Å². The van der Waals surface area contributed by atoms with Crippen LogP contribution in [0.4, 0.5) is 13.2 Å². The minimum absolute atomic E-state index is 0.0242. The quantitative estimate of drug-likeness (QED) is 0.534. The van der Waals surface area contributed by atoms with Crippen molar-refractivity contribution >= 4 is 11.9 Å². The number of rotatable bonds is 7. The van der Waals surface area contributed by atoms with Gasteiger partial charge in [-0.3, -0.25) is 9.59 Å². The molecule has 7 heteroatoms. The first-order valence-corrected chi connectivity index (χ1v) is 7.54. The Hall–Kier alpha value is -1.53. The standard InChI is InChI=1S/C15H22F3NO3/c1-2-22-13(20)9-11-19(14(21)15(16,17)18)10-8-12-6-4-3-5-7-12/h6H,2-5,7-11H2,1H3. The summed E-state index contributed by atoms with van der Waals surface area (Å²) < 4.78 is 42.5. The lowest BCUT2D eigenvalue weighted by Gasteiger charge is -2.24. The molecule has 0 N–H and O–H groups in total. The fourth-order valence-corrected chi connectivity index (χ4v) is 2.36. The van der Waals surface area contributed by atoms with E-state index in [1.54, 1.807) is 6.92 Å². The molecule has 0 unspecified atom stereocenters. The average molecular weight is 321 g/mol. The molecule has 0 aromatic heterocycles. The molecule has 1 amide bonds. The molecule has 1 aliphatic rings. The van der Waals surface area contributed by atoms with Gasteiger partial charge in [-0.05, 0) is 39.0 Å². The van der Waals surface area contributed by atoms with Crippen molar-refractivity contribution in [2.45, 2.75) is 51.6 Å². The van der Waals surface area contributed by atoms with Gasteiger partial charge in [0, 0.05) is 13.1 Å². The van der Waals surface area contributed by atoms with Crippen LogP contribution in [-0.2, 0) is 14.3 Å². The van der Waals surface area contributed by atoms with Crippen molar-refractivity contribution in [3.8, 4) is 0 Å². The summed E-state index contributed by atoms with van der Waals surface area (Å²) in [4.78, 5) is 23.4. The van der Waals surface area contributed by atoms with Crippen LogP contribution in [0.5, 0.6) is 0 Å². The number of halogens is 3. The third-order valence-electron chi connectivity index (χ3n) is 3.51. The average Bonchev–Trinajstić information content (AvgIpc) is 2.47. The number of carbonyl (C=O) groups excluding carboxylic acids is 2. The second-order valence-corrected chi connectivity index (χ2v) is 5.20. The lowest BCUT2D eigenvalue weighted by molar-refractivity contribution is -0.185. The van der Waals surface area contributed by atoms with Gasteiger partial charge in [-0.25, -0.2) is 0 Å². The van der Waals surface area contributed by atoms with E-state index in [9.17, 15) is 22.8 Å². The molecule has 0 bridgehead atoms. The summed E-state index contributed by atoms with van der Waals surface area (Å²) in [6.07, 6.45) is 1.23. The minimum atomic E-state index is -4.92. The van der Waals surface area contributed by atoms with E-state index in [0.29, 0.717) is 11.3 Å². The lowest BCUT2D eigenvalue weighted by Crippen LogP contribution is -2.42. The van der Waals surface area contributed by atoms with Crippen LogP contribution in [0.1, 0.15) is 45.4 Å². The zero-order chi connectivity index (χ0) is 16.6. The molecule has 0 aromatic rings. The van der Waals surface area contributed by atoms with Gasteiger partial charge in [-0.15, -0.1) is 0 Å². The number of hydrogen-bond donors (Lipinski definition) is 0. The molecule has 0 aliphatic heterocycles. The fourth-order valence-electron chi connectivity index (χ4n) is 2.36. The molecule has 4 nitrogen and oxygen atoms in total. The van der Waals surface area contributed by atoms with E-state index >= 15 is 0 Å². The topological polar surface area (TPSA) is 46.6 Å². The zero-order valence-corrected chi connectivity index (χ0v) is 12.7. The highest BCUT2D eigenvalue weighted by atomic mass is 19.4. The monoisotopic (exact) mass is 321 g/mol. The van der Waals surface area contributed by atoms with Crippen molar-refractivity contribution in [2.24, 2.45) is 0 Å². The Balaban J connectivity index is 2.59. The second kappa shape index (κ2) is 8.80. The molecular weight excluding hydrogens is 299 g/mol. The predicted molar refractivity (Wildman–Crippen MR) is 75.1 cm³/mol. The highest BCUT2D eigenvalue weighted by Gasteiger charge is 2.42. The van der Waals surface area contributed by atoms with E-state index < -0.39 is 18.1 Å². The van der Waals surface area contributed by atoms with Crippen molar-refractivity contribution in [1.29, 1.82) is 0 Å². The number of hydrogen-bond acceptors (Lipinski definition) is 3. The van der Waals surface area contributed by atoms with Crippen molar-refractivity contribution in [2.75, 3.05) is 19.7 Å². The normalized spacial score (nSPS) is 15.2. The second-order valence-electron chi connectivity index (χ2n) is 5.20. The number of allylic oxidation sites excluding steroid dienone is 1. The predicted octanol–water partition coefficient (Wildman–Crippen LogP) is 3.22. The molecule has 0 radical (unpaired) electrons. The highest BCUT2D eigenvalue weighted by molar-refractivity contribution is 5.82. The maximum Gasteiger partial charge on any atom is 0.471 e. The van der Waals surface area contributed by atoms with Gasteiger partial charge in [-0.2, -0.15) is 13.2 Å². The summed E-state index contributed by atoms with van der Waals surface area (Å²) in [6.45, 7) is 1.49. The lowest BCUT2D eigenvalue weighted by atomic mass is 9.97. The molecule has 0 spiro atoms. The van der Waals surface area contributed by atoms with Crippen LogP contribution in [0.25, 0.3) is 0 Å². The van der Waals surface area contributed by atoms with Gasteiger partial charge in [0.25, 0.3) is 0 Å². The molecule has 1 aliphatic carbocycles. The Bertz CT molecular complexity index is 419. The summed E-state index contributed by atoms with van der Waals surface area (Å²) in [5.74, 6) is -2.49. The van der Waals surface area contributed by atoms with E-state index in [1.165, 1.54) is 0 Å². The first-order chi connectivity index (χ1) is 10.3. The Labute approximate surface area is 128 Å². The van der Waals surface area contributed by atoms with Crippen molar-refractivity contribution in [1.82, 2.24) is 4.90 Å². The maximum absolute atomic E-state index is 12.6. The summed E-state index contributed by atoms with van der Waals surface area (Å²) in [6, 6.07) is 0. The van der Waals surface area contributed by atoms with Crippen LogP contribution in [0.15, 0.2) is 11.6 Å². The van der Waals surface area contributed by atoms with Gasteiger partial charge in [0.15, 0.2) is 0 Å². The summed E-state index contributed by atoms with van der Waals surface area (Å²) in [7, 11) is 0. The van der Waals surface area contributed by atoms with E-state index in [4.69, 9.17) is 0 Å². The van der Waals surface area contributed by atoms with Crippen LogP contribution in [-0.4, -0.2) is 42.6 Å². The molecule has 0 saturated carbocycles. The molecule has 0 heterocycles. The minimum Gasteiger partial charge on any atom is -0.466 e. The largest absolute Gasteiger partial charge is 0.471 e. The summed E-state index contributed by atoms with van der Waals surface area (Å²) >= 11 is 0.